The van der Waals surface area contributed by atoms with Gasteiger partial charge in [-0.2, -0.15) is 0 Å². The number of rotatable bonds is 10. The number of unbranched alkanes of at least 4 members (excludes halogenated alkanes) is 2. The van der Waals surface area contributed by atoms with E-state index in [9.17, 15) is 5.11 Å². The van der Waals surface area contributed by atoms with Crippen molar-refractivity contribution in [2.75, 3.05) is 6.61 Å². The Balaban J connectivity index is 3.77. The average Bonchev–Trinajstić information content (AvgIpc) is 2.28. The van der Waals surface area contributed by atoms with E-state index in [-0.39, 0.29) is 0 Å². The molecule has 0 aliphatic heterocycles. The van der Waals surface area contributed by atoms with Crippen LogP contribution in [0.3, 0.4) is 0 Å². The Kier molecular flexibility index (Phi) is 10.4. The van der Waals surface area contributed by atoms with Gasteiger partial charge < -0.3 is 5.11 Å². The van der Waals surface area contributed by atoms with Gasteiger partial charge in [0.15, 0.2) is 0 Å². The van der Waals surface area contributed by atoms with Crippen molar-refractivity contribution in [3.05, 3.63) is 0 Å². The van der Waals surface area contributed by atoms with Gasteiger partial charge >= 0.3 is 0 Å². The predicted octanol–water partition coefficient (Wildman–Crippen LogP) is 4.39. The van der Waals surface area contributed by atoms with E-state index in [1.54, 1.807) is 0 Å². The van der Waals surface area contributed by atoms with Crippen LogP contribution < -0.4 is 0 Å². The Bertz CT molecular complexity index is 109. The molecule has 0 radical (unpaired) electrons. The highest BCUT2D eigenvalue weighted by Crippen LogP contribution is 2.24. The summed E-state index contributed by atoms with van der Waals surface area (Å²) in [4.78, 5) is 0. The van der Waals surface area contributed by atoms with Gasteiger partial charge in [0, 0.05) is 6.61 Å². The first-order valence-electron chi connectivity index (χ1n) is 6.89. The van der Waals surface area contributed by atoms with E-state index in [0.29, 0.717) is 12.5 Å². The lowest BCUT2D eigenvalue weighted by atomic mass is 9.86. The van der Waals surface area contributed by atoms with Crippen LogP contribution in [0.5, 0.6) is 0 Å². The highest BCUT2D eigenvalue weighted by Gasteiger charge is 2.13. The zero-order valence-corrected chi connectivity index (χ0v) is 11.0. The summed E-state index contributed by atoms with van der Waals surface area (Å²) in [6.45, 7) is 7.16. The van der Waals surface area contributed by atoms with Crippen LogP contribution in [0.15, 0.2) is 0 Å². The second-order valence-corrected chi connectivity index (χ2v) is 4.84. The molecule has 92 valence electrons. The first kappa shape index (κ1) is 15.0. The fourth-order valence-corrected chi connectivity index (χ4v) is 2.23. The Morgan fingerprint density at radius 2 is 1.40 bits per heavy atom. The fourth-order valence-electron chi connectivity index (χ4n) is 2.23. The van der Waals surface area contributed by atoms with Gasteiger partial charge in [-0.3, -0.25) is 0 Å². The zero-order valence-electron chi connectivity index (χ0n) is 11.0. The van der Waals surface area contributed by atoms with Crippen LogP contribution in [-0.2, 0) is 0 Å². The molecule has 0 aliphatic rings. The van der Waals surface area contributed by atoms with Gasteiger partial charge in [-0.25, -0.2) is 0 Å². The predicted molar refractivity (Wildman–Crippen MR) is 68.0 cm³/mol. The Morgan fingerprint density at radius 3 is 1.80 bits per heavy atom. The van der Waals surface area contributed by atoms with Crippen LogP contribution in [0, 0.1) is 11.8 Å². The number of aliphatic hydroxyl groups is 1. The molecule has 0 amide bonds. The second kappa shape index (κ2) is 10.5. The van der Waals surface area contributed by atoms with E-state index >= 15 is 0 Å². The molecule has 0 aromatic rings. The highest BCUT2D eigenvalue weighted by molar-refractivity contribution is 4.65. The SMILES string of the molecule is CCCCC(CC)CC(CO)CCCC. The largest absolute Gasteiger partial charge is 0.396 e. The van der Waals surface area contributed by atoms with Crippen molar-refractivity contribution in [2.45, 2.75) is 72.1 Å². The van der Waals surface area contributed by atoms with Gasteiger partial charge in [0.05, 0.1) is 0 Å². The Hall–Kier alpha value is -0.0400. The van der Waals surface area contributed by atoms with Crippen molar-refractivity contribution < 1.29 is 5.11 Å². The van der Waals surface area contributed by atoms with Gasteiger partial charge in [0.1, 0.15) is 0 Å². The monoisotopic (exact) mass is 214 g/mol. The number of aliphatic hydroxyl groups excluding tert-OH is 1. The molecule has 0 fully saturated rings. The van der Waals surface area contributed by atoms with Crippen LogP contribution in [-0.4, -0.2) is 11.7 Å². The van der Waals surface area contributed by atoms with Crippen molar-refractivity contribution in [1.29, 1.82) is 0 Å². The molecule has 0 heterocycles. The fraction of sp³-hybridized carbons (Fsp3) is 1.00. The maximum Gasteiger partial charge on any atom is 0.0459 e. The van der Waals surface area contributed by atoms with Crippen molar-refractivity contribution >= 4 is 0 Å². The minimum atomic E-state index is 0.391. The summed E-state index contributed by atoms with van der Waals surface area (Å²) in [5.41, 5.74) is 0. The van der Waals surface area contributed by atoms with Crippen molar-refractivity contribution in [2.24, 2.45) is 11.8 Å². The maximum atomic E-state index is 9.32. The first-order valence-corrected chi connectivity index (χ1v) is 6.89. The smallest absolute Gasteiger partial charge is 0.0459 e. The molecule has 0 rings (SSSR count). The maximum absolute atomic E-state index is 9.32. The Labute approximate surface area is 96.3 Å². The first-order chi connectivity index (χ1) is 7.28. The van der Waals surface area contributed by atoms with Gasteiger partial charge in [0.25, 0.3) is 0 Å². The van der Waals surface area contributed by atoms with Crippen molar-refractivity contribution in [1.82, 2.24) is 0 Å². The van der Waals surface area contributed by atoms with Gasteiger partial charge in [0.2, 0.25) is 0 Å². The van der Waals surface area contributed by atoms with Crippen LogP contribution >= 0.6 is 0 Å². The van der Waals surface area contributed by atoms with Crippen LogP contribution in [0.1, 0.15) is 72.1 Å². The topological polar surface area (TPSA) is 20.2 Å². The minimum absolute atomic E-state index is 0.391. The van der Waals surface area contributed by atoms with E-state index in [1.807, 2.05) is 0 Å². The highest BCUT2D eigenvalue weighted by atomic mass is 16.3. The lowest BCUT2D eigenvalue weighted by Gasteiger charge is -2.20. The molecule has 1 heteroatoms. The van der Waals surface area contributed by atoms with Crippen LogP contribution in [0.25, 0.3) is 0 Å². The molecule has 0 aromatic carbocycles. The standard InChI is InChI=1S/C14H30O/c1-4-7-9-13(6-3)11-14(12-15)10-8-5-2/h13-15H,4-12H2,1-3H3. The summed E-state index contributed by atoms with van der Waals surface area (Å²) in [7, 11) is 0. The van der Waals surface area contributed by atoms with E-state index < -0.39 is 0 Å². The second-order valence-electron chi connectivity index (χ2n) is 4.84. The normalized spacial score (nSPS) is 15.2. The number of hydrogen-bond donors (Lipinski definition) is 1. The van der Waals surface area contributed by atoms with E-state index in [4.69, 9.17) is 0 Å². The molecule has 0 saturated heterocycles. The third kappa shape index (κ3) is 7.84. The third-order valence-corrected chi connectivity index (χ3v) is 3.43. The molecule has 0 bridgehead atoms. The molecule has 1 N–H and O–H groups in total. The summed E-state index contributed by atoms with van der Waals surface area (Å²) >= 11 is 0. The molecule has 2 unspecified atom stereocenters. The molecule has 0 spiro atoms. The number of hydrogen-bond acceptors (Lipinski definition) is 1. The molecule has 0 saturated carbocycles. The summed E-state index contributed by atoms with van der Waals surface area (Å²) in [5.74, 6) is 1.41. The lowest BCUT2D eigenvalue weighted by Crippen LogP contribution is -2.12. The third-order valence-electron chi connectivity index (χ3n) is 3.43. The van der Waals surface area contributed by atoms with Crippen LogP contribution in [0.4, 0.5) is 0 Å². The van der Waals surface area contributed by atoms with Gasteiger partial charge in [-0.15, -0.1) is 0 Å². The molecule has 15 heavy (non-hydrogen) atoms. The van der Waals surface area contributed by atoms with Crippen molar-refractivity contribution in [3.63, 3.8) is 0 Å². The summed E-state index contributed by atoms with van der Waals surface area (Å²) in [6.07, 6.45) is 10.3. The van der Waals surface area contributed by atoms with E-state index in [2.05, 4.69) is 20.8 Å². The average molecular weight is 214 g/mol. The molecule has 0 aromatic heterocycles. The lowest BCUT2D eigenvalue weighted by molar-refractivity contribution is 0.184. The van der Waals surface area contributed by atoms with Gasteiger partial charge in [-0.1, -0.05) is 59.3 Å². The van der Waals surface area contributed by atoms with Crippen LogP contribution in [0.2, 0.25) is 0 Å². The molecular formula is C14H30O. The molecule has 1 nitrogen and oxygen atoms in total. The molecule has 0 aliphatic carbocycles. The summed E-state index contributed by atoms with van der Waals surface area (Å²) < 4.78 is 0. The molecule has 2 atom stereocenters. The van der Waals surface area contributed by atoms with E-state index in [1.165, 1.54) is 51.4 Å². The zero-order chi connectivity index (χ0) is 11.5. The minimum Gasteiger partial charge on any atom is -0.396 e. The molecular weight excluding hydrogens is 184 g/mol. The summed E-state index contributed by atoms with van der Waals surface area (Å²) in [6, 6.07) is 0. The summed E-state index contributed by atoms with van der Waals surface area (Å²) in [5, 5.41) is 9.32. The van der Waals surface area contributed by atoms with Gasteiger partial charge in [-0.05, 0) is 24.7 Å². The quantitative estimate of drug-likeness (QED) is 0.572. The van der Waals surface area contributed by atoms with E-state index in [0.717, 1.165) is 5.92 Å². The Morgan fingerprint density at radius 1 is 0.867 bits per heavy atom. The van der Waals surface area contributed by atoms with Crippen molar-refractivity contribution in [3.8, 4) is 0 Å².